The Balaban J connectivity index is 0.885. The Bertz CT molecular complexity index is 2680. The van der Waals surface area contributed by atoms with Crippen LogP contribution in [0.2, 0.25) is 0 Å². The minimum Gasteiger partial charge on any atom is -0.508 e. The second-order valence-electron chi connectivity index (χ2n) is 14.7. The molecule has 0 radical (unpaired) electrons. The number of aromatic nitrogens is 2. The Morgan fingerprint density at radius 2 is 1.53 bits per heavy atom. The fraction of sp³-hybridized carbons (Fsp3) is 0.375. The van der Waals surface area contributed by atoms with Crippen molar-refractivity contribution in [1.29, 1.82) is 0 Å². The summed E-state index contributed by atoms with van der Waals surface area (Å²) in [6.45, 7) is -1.16. The summed E-state index contributed by atoms with van der Waals surface area (Å²) in [5, 5.41) is 41.5. The number of aliphatic hydroxyl groups excluding tert-OH is 2. The fourth-order valence-electron chi connectivity index (χ4n) is 7.12. The third-order valence-corrected chi connectivity index (χ3v) is 13.1. The van der Waals surface area contributed by atoms with Crippen molar-refractivity contribution in [2.24, 2.45) is 0 Å². The van der Waals surface area contributed by atoms with Crippen LogP contribution in [0.1, 0.15) is 73.5 Å². The van der Waals surface area contributed by atoms with Gasteiger partial charge in [0.15, 0.2) is 11.7 Å². The van der Waals surface area contributed by atoms with Gasteiger partial charge in [0, 0.05) is 47.3 Å². The van der Waals surface area contributed by atoms with Gasteiger partial charge < -0.3 is 39.4 Å². The number of carboxylic acid groups (broad SMARTS) is 1. The quantitative estimate of drug-likeness (QED) is 0.0209. The molecule has 0 spiro atoms. The zero-order valence-electron chi connectivity index (χ0n) is 32.9. The van der Waals surface area contributed by atoms with E-state index in [1.54, 1.807) is 24.3 Å². The van der Waals surface area contributed by atoms with Gasteiger partial charge in [-0.2, -0.15) is 4.31 Å². The number of fused-ring (bicyclic) bond motifs is 2. The summed E-state index contributed by atoms with van der Waals surface area (Å²) in [5.41, 5.74) is 0.667. The van der Waals surface area contributed by atoms with E-state index in [9.17, 15) is 58.5 Å². The Labute approximate surface area is 357 Å². The average Bonchev–Trinajstić information content (AvgIpc) is 3.48. The van der Waals surface area contributed by atoms with E-state index < -0.39 is 64.0 Å². The second-order valence-corrected chi connectivity index (χ2v) is 18.3. The van der Waals surface area contributed by atoms with Crippen molar-refractivity contribution in [1.82, 2.24) is 9.55 Å². The highest BCUT2D eigenvalue weighted by atomic mass is 32.1. The van der Waals surface area contributed by atoms with E-state index in [0.717, 1.165) is 59.4 Å². The Morgan fingerprint density at radius 3 is 2.26 bits per heavy atom. The smallest absolute Gasteiger partial charge is 0.481 e. The van der Waals surface area contributed by atoms with Crippen molar-refractivity contribution in [3.05, 3.63) is 109 Å². The molecule has 1 aliphatic carbocycles. The summed E-state index contributed by atoms with van der Waals surface area (Å²) in [6, 6.07) is 14.9. The van der Waals surface area contributed by atoms with Gasteiger partial charge in [0.1, 0.15) is 35.4 Å². The van der Waals surface area contributed by atoms with Gasteiger partial charge in [-0.05, 0) is 65.6 Å². The van der Waals surface area contributed by atoms with Gasteiger partial charge in [-0.1, -0.05) is 56.5 Å². The van der Waals surface area contributed by atoms with E-state index in [4.69, 9.17) is 25.9 Å². The molecule has 1 fully saturated rings. The molecule has 6 atom stereocenters. The van der Waals surface area contributed by atoms with E-state index >= 15 is 0 Å². The highest BCUT2D eigenvalue weighted by molar-refractivity contribution is 7.80. The van der Waals surface area contributed by atoms with E-state index in [1.807, 2.05) is 11.1 Å². The maximum atomic E-state index is 12.6. The van der Waals surface area contributed by atoms with Crippen LogP contribution in [-0.2, 0) is 33.6 Å². The van der Waals surface area contributed by atoms with Gasteiger partial charge in [-0.15, -0.1) is 0 Å². The first-order valence-corrected chi connectivity index (χ1v) is 22.9. The number of aromatic carboxylic acids is 1. The third-order valence-electron chi connectivity index (χ3n) is 10.1. The molecule has 0 saturated carbocycles. The number of benzene rings is 3. The monoisotopic (exact) mass is 918 g/mol. The van der Waals surface area contributed by atoms with E-state index in [0.29, 0.717) is 53.3 Å². The lowest BCUT2D eigenvalue weighted by Crippen LogP contribution is -2.37. The number of hydrogen-bond acceptors (Lipinski definition) is 15. The van der Waals surface area contributed by atoms with Gasteiger partial charge in [-0.25, -0.2) is 18.7 Å². The second kappa shape index (κ2) is 20.2. The van der Waals surface area contributed by atoms with Crippen LogP contribution >= 0.6 is 27.9 Å². The standard InChI is InChI=1S/C40H44N2O17P2S/c43-24-10-13-28-31(20-24)57-32-21-25(44)11-14-29(32)35(28)27-12-9-23(19-30(27)39(48)49)18-26(62)8-6-4-2-1-3-5-7-17-55-60(51,52)59-61(53,54)56-22-33-36(46)37(47)38(58-33)42-16-15-34(45)41-40(42)50/h9-16,19-21,33,36-38,43,46-47H,1-8,17-18,22H2,(H,48,49)(H,51,52)(H,53,54)(H,41,45,50). The van der Waals surface area contributed by atoms with Crippen LogP contribution in [-0.4, -0.2) is 82.1 Å². The largest absolute Gasteiger partial charge is 0.508 e. The van der Waals surface area contributed by atoms with Crippen molar-refractivity contribution in [3.63, 3.8) is 0 Å². The SMILES string of the molecule is O=C(O)c1cc(CC(=S)CCCCCCCCCOP(=O)(O)OP(=O)(O)OCC2OC(n3ccc(=O)[nH]c3=O)C(O)C2O)ccc1-c1c2ccc(=O)cc-2oc2cc(O)ccc12. The molecule has 1 aromatic heterocycles. The maximum absolute atomic E-state index is 12.6. The highest BCUT2D eigenvalue weighted by Gasteiger charge is 2.46. The fourth-order valence-corrected chi connectivity index (χ4v) is 9.55. The van der Waals surface area contributed by atoms with Crippen molar-refractivity contribution >= 4 is 49.7 Å². The lowest BCUT2D eigenvalue weighted by molar-refractivity contribution is -0.0543. The van der Waals surface area contributed by atoms with Crippen LogP contribution in [0.5, 0.6) is 5.75 Å². The van der Waals surface area contributed by atoms with Crippen molar-refractivity contribution < 1.29 is 66.6 Å². The lowest BCUT2D eigenvalue weighted by atomic mass is 9.89. The van der Waals surface area contributed by atoms with Crippen molar-refractivity contribution in [3.8, 4) is 28.2 Å². The van der Waals surface area contributed by atoms with Crippen LogP contribution in [0.3, 0.4) is 0 Å². The van der Waals surface area contributed by atoms with Crippen LogP contribution in [0.15, 0.2) is 85.7 Å². The molecule has 0 bridgehead atoms. The number of aromatic hydroxyl groups is 1. The van der Waals surface area contributed by atoms with Crippen molar-refractivity contribution in [2.45, 2.75) is 82.3 Å². The molecule has 0 amide bonds. The number of unbranched alkanes of at least 4 members (excludes halogenated alkanes) is 6. The number of ether oxygens (including phenoxy) is 1. The number of aliphatic hydroxyl groups is 2. The molecular weight excluding hydrogens is 874 g/mol. The van der Waals surface area contributed by atoms with E-state index in [-0.39, 0.29) is 29.1 Å². The van der Waals surface area contributed by atoms with Gasteiger partial charge in [-0.3, -0.25) is 28.2 Å². The topological polar surface area (TPSA) is 295 Å². The number of phosphoric ester groups is 2. The number of rotatable bonds is 21. The molecule has 3 aromatic rings. The first kappa shape index (κ1) is 46.8. The summed E-state index contributed by atoms with van der Waals surface area (Å²) in [7, 11) is -10.3. The first-order chi connectivity index (χ1) is 29.4. The van der Waals surface area contributed by atoms with Gasteiger partial charge >= 0.3 is 27.3 Å². The number of aromatic amines is 1. The molecule has 2 aliphatic heterocycles. The predicted octanol–water partition coefficient (Wildman–Crippen LogP) is 5.42. The summed E-state index contributed by atoms with van der Waals surface area (Å²) in [5.74, 6) is -0.928. The molecule has 6 unspecified atom stereocenters. The Kier molecular flexibility index (Phi) is 15.3. The minimum atomic E-state index is -5.24. The molecule has 1 saturated heterocycles. The number of H-pyrrole nitrogens is 1. The molecule has 3 heterocycles. The van der Waals surface area contributed by atoms with Crippen LogP contribution < -0.4 is 16.7 Å². The lowest BCUT2D eigenvalue weighted by Gasteiger charge is -2.19. The normalized spacial score (nSPS) is 19.7. The maximum Gasteiger partial charge on any atom is 0.481 e. The van der Waals surface area contributed by atoms with Crippen molar-refractivity contribution in [2.75, 3.05) is 13.2 Å². The highest BCUT2D eigenvalue weighted by Crippen LogP contribution is 2.60. The number of thiocarbonyl (C=S) groups is 1. The molecule has 19 nitrogen and oxygen atoms in total. The number of nitrogens with one attached hydrogen (secondary N) is 1. The Hall–Kier alpha value is -4.69. The zero-order valence-corrected chi connectivity index (χ0v) is 35.5. The summed E-state index contributed by atoms with van der Waals surface area (Å²) in [6.07, 6.45) is 0.911. The number of carbonyl (C=O) groups is 1. The number of phenols is 1. The van der Waals surface area contributed by atoms with Gasteiger partial charge in [0.05, 0.1) is 18.8 Å². The summed E-state index contributed by atoms with van der Waals surface area (Å²) < 4.78 is 50.5. The molecule has 6 rings (SSSR count). The van der Waals surface area contributed by atoms with E-state index in [2.05, 4.69) is 8.83 Å². The zero-order chi connectivity index (χ0) is 44.8. The molecular formula is C40H44N2O17P2S. The number of nitrogens with zero attached hydrogens (tertiary/aromatic N) is 1. The van der Waals surface area contributed by atoms with E-state index in [1.165, 1.54) is 24.3 Å². The summed E-state index contributed by atoms with van der Waals surface area (Å²) >= 11 is 5.64. The predicted molar refractivity (Wildman–Crippen MR) is 226 cm³/mol. The number of hydrogen-bond donors (Lipinski definition) is 7. The van der Waals surface area contributed by atoms with Gasteiger partial charge in [0.25, 0.3) is 5.56 Å². The number of carboxylic acids is 1. The number of phosphoric acid groups is 2. The Morgan fingerprint density at radius 1 is 0.839 bits per heavy atom. The molecule has 2 aromatic carbocycles. The molecule has 332 valence electrons. The molecule has 22 heteroatoms. The number of phenolic OH excluding ortho intramolecular Hbond substituents is 1. The summed E-state index contributed by atoms with van der Waals surface area (Å²) in [4.78, 5) is 70.7. The molecule has 3 aliphatic rings. The van der Waals surface area contributed by atoms with Gasteiger partial charge in [0.2, 0.25) is 0 Å². The van der Waals surface area contributed by atoms with Crippen LogP contribution in [0.4, 0.5) is 0 Å². The van der Waals surface area contributed by atoms with Crippen LogP contribution in [0, 0.1) is 0 Å². The minimum absolute atomic E-state index is 0.0451. The molecule has 7 N–H and O–H groups in total. The van der Waals surface area contributed by atoms with Crippen LogP contribution in [0.25, 0.3) is 33.4 Å². The average molecular weight is 919 g/mol. The first-order valence-electron chi connectivity index (χ1n) is 19.5. The third kappa shape index (κ3) is 11.9. The molecule has 62 heavy (non-hydrogen) atoms.